The molecule has 0 unspecified atom stereocenters. The Hall–Kier alpha value is -0.650. The number of rotatable bonds is 1. The Morgan fingerprint density at radius 2 is 2.19 bits per heavy atom. The second-order valence-corrected chi connectivity index (χ2v) is 6.62. The van der Waals surface area contributed by atoms with Crippen LogP contribution < -0.4 is 5.73 Å². The minimum Gasteiger partial charge on any atom is -0.375 e. The van der Waals surface area contributed by atoms with Crippen molar-refractivity contribution in [3.8, 4) is 0 Å². The third kappa shape index (κ3) is 1.54. The molecule has 2 N–H and O–H groups in total. The molecule has 0 saturated heterocycles. The number of thiazole rings is 1. The van der Waals surface area contributed by atoms with Gasteiger partial charge in [-0.1, -0.05) is 11.3 Å². The largest absolute Gasteiger partial charge is 0.375 e. The van der Waals surface area contributed by atoms with Crippen LogP contribution in [0.5, 0.6) is 0 Å². The van der Waals surface area contributed by atoms with Crippen LogP contribution in [0.2, 0.25) is 0 Å². The van der Waals surface area contributed by atoms with Crippen LogP contribution in [0, 0.1) is 0 Å². The molecule has 1 aliphatic rings. The summed E-state index contributed by atoms with van der Waals surface area (Å²) in [5, 5.41) is 0.704. The molecule has 3 heterocycles. The van der Waals surface area contributed by atoms with E-state index >= 15 is 0 Å². The number of hydrogen-bond acceptors (Lipinski definition) is 5. The Bertz CT molecular complexity index is 527. The highest BCUT2D eigenvalue weighted by Crippen LogP contribution is 2.39. The molecule has 0 bridgehead atoms. The quantitative estimate of drug-likeness (QED) is 0.849. The second-order valence-electron chi connectivity index (χ2n) is 4.50. The van der Waals surface area contributed by atoms with Crippen molar-refractivity contribution in [2.45, 2.75) is 32.9 Å². The van der Waals surface area contributed by atoms with E-state index in [9.17, 15) is 0 Å². The summed E-state index contributed by atoms with van der Waals surface area (Å²) in [4.78, 5) is 9.54. The van der Waals surface area contributed by atoms with E-state index in [0.29, 0.717) is 11.2 Å². The van der Waals surface area contributed by atoms with Gasteiger partial charge in [0, 0.05) is 24.0 Å². The van der Waals surface area contributed by atoms with Gasteiger partial charge in [0.15, 0.2) is 5.13 Å². The van der Waals surface area contributed by atoms with Gasteiger partial charge in [0.05, 0.1) is 4.70 Å². The summed E-state index contributed by atoms with van der Waals surface area (Å²) in [6.07, 6.45) is 1.15. The van der Waals surface area contributed by atoms with Crippen LogP contribution in [0.4, 0.5) is 5.13 Å². The van der Waals surface area contributed by atoms with Gasteiger partial charge in [0.1, 0.15) is 4.83 Å². The zero-order chi connectivity index (χ0) is 11.3. The average Bonchev–Trinajstić information content (AvgIpc) is 2.72. The molecule has 0 saturated carbocycles. The number of hydrogen-bond donors (Lipinski definition) is 1. The third-order valence-corrected chi connectivity index (χ3v) is 5.35. The third-order valence-electron chi connectivity index (χ3n) is 3.17. The van der Waals surface area contributed by atoms with Crippen molar-refractivity contribution in [3.05, 3.63) is 10.4 Å². The first-order valence-electron chi connectivity index (χ1n) is 5.55. The fourth-order valence-electron chi connectivity index (χ4n) is 2.23. The van der Waals surface area contributed by atoms with Gasteiger partial charge >= 0.3 is 0 Å². The highest BCUT2D eigenvalue weighted by molar-refractivity contribution is 7.29. The van der Waals surface area contributed by atoms with E-state index in [1.165, 1.54) is 15.1 Å². The van der Waals surface area contributed by atoms with Crippen molar-refractivity contribution in [2.75, 3.05) is 12.3 Å². The zero-order valence-electron chi connectivity index (χ0n) is 9.49. The molecular weight excluding hydrogens is 238 g/mol. The Labute approximate surface area is 103 Å². The maximum absolute atomic E-state index is 5.75. The fourth-order valence-corrected chi connectivity index (χ4v) is 4.58. The summed E-state index contributed by atoms with van der Waals surface area (Å²) in [7, 11) is 0. The Balaban J connectivity index is 2.03. The standard InChI is InChI=1S/C11H15N3S2/c1-6(2)14-4-3-7-8(5-14)15-10-9(7)16-11(12)13-10/h6H,3-5H2,1-2H3,(H2,12,13). The summed E-state index contributed by atoms with van der Waals surface area (Å²) in [6, 6.07) is 0.631. The number of fused-ring (bicyclic) bond motifs is 3. The Morgan fingerprint density at radius 3 is 2.94 bits per heavy atom. The van der Waals surface area contributed by atoms with E-state index in [4.69, 9.17) is 5.73 Å². The van der Waals surface area contributed by atoms with Crippen LogP contribution in [0.25, 0.3) is 9.53 Å². The van der Waals surface area contributed by atoms with Crippen molar-refractivity contribution >= 4 is 37.3 Å². The van der Waals surface area contributed by atoms with Crippen LogP contribution in [-0.2, 0) is 13.0 Å². The molecule has 0 aliphatic carbocycles. The summed E-state index contributed by atoms with van der Waals surface area (Å²) in [6.45, 7) is 6.77. The first-order chi connectivity index (χ1) is 7.65. The highest BCUT2D eigenvalue weighted by atomic mass is 32.1. The van der Waals surface area contributed by atoms with E-state index in [2.05, 4.69) is 23.7 Å². The minimum absolute atomic E-state index is 0.631. The smallest absolute Gasteiger partial charge is 0.181 e. The van der Waals surface area contributed by atoms with Crippen LogP contribution in [0.15, 0.2) is 0 Å². The van der Waals surface area contributed by atoms with Gasteiger partial charge < -0.3 is 5.73 Å². The second kappa shape index (κ2) is 3.68. The highest BCUT2D eigenvalue weighted by Gasteiger charge is 2.23. The lowest BCUT2D eigenvalue weighted by molar-refractivity contribution is 0.206. The minimum atomic E-state index is 0.631. The normalized spacial score (nSPS) is 17.2. The van der Waals surface area contributed by atoms with Crippen LogP contribution in [0.3, 0.4) is 0 Å². The molecule has 0 spiro atoms. The number of nitrogen functional groups attached to an aromatic ring is 1. The molecular formula is C11H15N3S2. The van der Waals surface area contributed by atoms with Gasteiger partial charge in [0.2, 0.25) is 0 Å². The predicted octanol–water partition coefficient (Wildman–Crippen LogP) is 2.71. The van der Waals surface area contributed by atoms with Crippen LogP contribution >= 0.6 is 22.7 Å². The van der Waals surface area contributed by atoms with Gasteiger partial charge in [-0.25, -0.2) is 4.98 Å². The number of thiophene rings is 1. The van der Waals surface area contributed by atoms with Crippen molar-refractivity contribution < 1.29 is 0 Å². The van der Waals surface area contributed by atoms with Crippen molar-refractivity contribution in [2.24, 2.45) is 0 Å². The van der Waals surface area contributed by atoms with Crippen molar-refractivity contribution in [1.82, 2.24) is 9.88 Å². The van der Waals surface area contributed by atoms with E-state index in [1.54, 1.807) is 11.3 Å². The van der Waals surface area contributed by atoms with Gasteiger partial charge in [-0.3, -0.25) is 4.90 Å². The molecule has 86 valence electrons. The molecule has 3 rings (SSSR count). The van der Waals surface area contributed by atoms with Crippen LogP contribution in [0.1, 0.15) is 24.3 Å². The molecule has 16 heavy (non-hydrogen) atoms. The average molecular weight is 253 g/mol. The summed E-state index contributed by atoms with van der Waals surface area (Å²) in [5.74, 6) is 0. The number of nitrogens with two attached hydrogens (primary N) is 1. The SMILES string of the molecule is CC(C)N1CCc2c(sc3nc(N)sc23)C1. The number of aromatic nitrogens is 1. The van der Waals surface area contributed by atoms with Gasteiger partial charge in [-0.05, 0) is 25.8 Å². The molecule has 0 fully saturated rings. The first-order valence-corrected chi connectivity index (χ1v) is 7.19. The van der Waals surface area contributed by atoms with Crippen LogP contribution in [-0.4, -0.2) is 22.5 Å². The first kappa shape index (κ1) is 10.5. The maximum Gasteiger partial charge on any atom is 0.181 e. The lowest BCUT2D eigenvalue weighted by Crippen LogP contribution is -2.35. The van der Waals surface area contributed by atoms with E-state index in [1.807, 2.05) is 11.3 Å². The van der Waals surface area contributed by atoms with Gasteiger partial charge in [-0.2, -0.15) is 0 Å². The van der Waals surface area contributed by atoms with Crippen molar-refractivity contribution in [1.29, 1.82) is 0 Å². The monoisotopic (exact) mass is 253 g/mol. The van der Waals surface area contributed by atoms with E-state index in [0.717, 1.165) is 24.3 Å². The van der Waals surface area contributed by atoms with Gasteiger partial charge in [0.25, 0.3) is 0 Å². The Morgan fingerprint density at radius 1 is 1.38 bits per heavy atom. The molecule has 0 aromatic carbocycles. The molecule has 2 aromatic rings. The fraction of sp³-hybridized carbons (Fsp3) is 0.545. The molecule has 0 radical (unpaired) electrons. The molecule has 2 aromatic heterocycles. The van der Waals surface area contributed by atoms with Gasteiger partial charge in [-0.15, -0.1) is 11.3 Å². The summed E-state index contributed by atoms with van der Waals surface area (Å²) < 4.78 is 1.33. The molecule has 0 amide bonds. The number of anilines is 1. The maximum atomic E-state index is 5.75. The summed E-state index contributed by atoms with van der Waals surface area (Å²) in [5.41, 5.74) is 7.25. The summed E-state index contributed by atoms with van der Waals surface area (Å²) >= 11 is 3.46. The van der Waals surface area contributed by atoms with E-state index < -0.39 is 0 Å². The lowest BCUT2D eigenvalue weighted by atomic mass is 10.1. The van der Waals surface area contributed by atoms with E-state index in [-0.39, 0.29) is 0 Å². The molecule has 1 aliphatic heterocycles. The predicted molar refractivity (Wildman–Crippen MR) is 71.2 cm³/mol. The molecule has 0 atom stereocenters. The topological polar surface area (TPSA) is 42.2 Å². The zero-order valence-corrected chi connectivity index (χ0v) is 11.1. The molecule has 3 nitrogen and oxygen atoms in total. The number of nitrogens with zero attached hydrogens (tertiary/aromatic N) is 2. The molecule has 5 heteroatoms. The Kier molecular flexibility index (Phi) is 2.42. The lowest BCUT2D eigenvalue weighted by Gasteiger charge is -2.30. The van der Waals surface area contributed by atoms with Crippen molar-refractivity contribution in [3.63, 3.8) is 0 Å².